The van der Waals surface area contributed by atoms with Crippen LogP contribution in [0.5, 0.6) is 0 Å². The van der Waals surface area contributed by atoms with Crippen molar-refractivity contribution in [3.05, 3.63) is 64.1 Å². The minimum absolute atomic E-state index is 0.321. The van der Waals surface area contributed by atoms with E-state index in [1.54, 1.807) is 18.3 Å². The molecule has 2 aromatic carbocycles. The predicted octanol–water partition coefficient (Wildman–Crippen LogP) is 4.20. The Balaban J connectivity index is 1.56. The van der Waals surface area contributed by atoms with Crippen molar-refractivity contribution in [2.45, 2.75) is 0 Å². The van der Waals surface area contributed by atoms with Gasteiger partial charge in [-0.3, -0.25) is 0 Å². The molecule has 1 aliphatic heterocycles. The van der Waals surface area contributed by atoms with Gasteiger partial charge < -0.3 is 15.0 Å². The molecule has 0 bridgehead atoms. The highest BCUT2D eigenvalue weighted by Gasteiger charge is 2.16. The van der Waals surface area contributed by atoms with Crippen LogP contribution in [0.3, 0.4) is 0 Å². The zero-order valence-corrected chi connectivity index (χ0v) is 17.4. The van der Waals surface area contributed by atoms with Crippen molar-refractivity contribution in [2.24, 2.45) is 5.10 Å². The number of hydrogen-bond acceptors (Lipinski definition) is 8. The maximum Gasteiger partial charge on any atom is 0.250 e. The molecule has 3 aromatic rings. The second kappa shape index (κ2) is 9.71. The fourth-order valence-electron chi connectivity index (χ4n) is 2.78. The van der Waals surface area contributed by atoms with Crippen molar-refractivity contribution < 1.29 is 4.74 Å². The van der Waals surface area contributed by atoms with Gasteiger partial charge in [-0.05, 0) is 29.8 Å². The summed E-state index contributed by atoms with van der Waals surface area (Å²) >= 11 is 12.0. The van der Waals surface area contributed by atoms with Crippen LogP contribution in [-0.2, 0) is 4.74 Å². The van der Waals surface area contributed by atoms with E-state index in [1.165, 1.54) is 0 Å². The number of rotatable bonds is 6. The van der Waals surface area contributed by atoms with Gasteiger partial charge in [-0.1, -0.05) is 47.5 Å². The van der Waals surface area contributed by atoms with E-state index in [1.807, 2.05) is 36.4 Å². The van der Waals surface area contributed by atoms with E-state index < -0.39 is 0 Å². The standard InChI is InChI=1S/C20H19Cl2N7O/c21-16-7-6-14(12-17(16)22)13-23-28-19-25-18(24-15-4-2-1-3-5-15)26-20(27-19)29-8-10-30-11-9-29/h1-7,12-13H,8-11H2,(H2,24,25,26,27,28)/b23-13+. The van der Waals surface area contributed by atoms with Crippen LogP contribution in [0.4, 0.5) is 23.5 Å². The van der Waals surface area contributed by atoms with Crippen LogP contribution in [0.25, 0.3) is 0 Å². The first-order valence-corrected chi connectivity index (χ1v) is 10.1. The summed E-state index contributed by atoms with van der Waals surface area (Å²) in [4.78, 5) is 15.5. The molecule has 0 atom stereocenters. The number of morpholine rings is 1. The smallest absolute Gasteiger partial charge is 0.250 e. The van der Waals surface area contributed by atoms with E-state index in [0.29, 0.717) is 54.2 Å². The molecule has 0 radical (unpaired) electrons. The molecule has 4 rings (SSSR count). The van der Waals surface area contributed by atoms with Gasteiger partial charge in [0.15, 0.2) is 0 Å². The van der Waals surface area contributed by atoms with Crippen LogP contribution in [0.1, 0.15) is 5.56 Å². The van der Waals surface area contributed by atoms with E-state index in [-0.39, 0.29) is 0 Å². The van der Waals surface area contributed by atoms with Gasteiger partial charge in [-0.15, -0.1) is 0 Å². The van der Waals surface area contributed by atoms with Gasteiger partial charge in [0.05, 0.1) is 29.5 Å². The van der Waals surface area contributed by atoms with E-state index in [2.05, 4.69) is 35.7 Å². The predicted molar refractivity (Wildman–Crippen MR) is 120 cm³/mol. The molecule has 1 aliphatic rings. The largest absolute Gasteiger partial charge is 0.378 e. The molecule has 1 saturated heterocycles. The first-order valence-electron chi connectivity index (χ1n) is 9.32. The lowest BCUT2D eigenvalue weighted by Gasteiger charge is -2.27. The number of nitrogens with zero attached hydrogens (tertiary/aromatic N) is 5. The lowest BCUT2D eigenvalue weighted by atomic mass is 10.2. The molecule has 0 spiro atoms. The third kappa shape index (κ3) is 5.35. The van der Waals surface area contributed by atoms with Crippen LogP contribution in [0.15, 0.2) is 53.6 Å². The average Bonchev–Trinajstić information content (AvgIpc) is 2.77. The monoisotopic (exact) mass is 443 g/mol. The Morgan fingerprint density at radius 2 is 1.70 bits per heavy atom. The van der Waals surface area contributed by atoms with Crippen molar-refractivity contribution in [3.63, 3.8) is 0 Å². The van der Waals surface area contributed by atoms with Gasteiger partial charge in [0.2, 0.25) is 17.8 Å². The summed E-state index contributed by atoms with van der Waals surface area (Å²) in [6.07, 6.45) is 1.62. The SMILES string of the molecule is Clc1ccc(/C=N/Nc2nc(Nc3ccccc3)nc(N3CCOCC3)n2)cc1Cl. The van der Waals surface area contributed by atoms with Gasteiger partial charge in [0, 0.05) is 18.8 Å². The van der Waals surface area contributed by atoms with Crippen molar-refractivity contribution in [3.8, 4) is 0 Å². The highest BCUT2D eigenvalue weighted by molar-refractivity contribution is 6.42. The van der Waals surface area contributed by atoms with Crippen LogP contribution < -0.4 is 15.6 Å². The molecule has 154 valence electrons. The summed E-state index contributed by atoms with van der Waals surface area (Å²) in [7, 11) is 0. The van der Waals surface area contributed by atoms with Crippen molar-refractivity contribution >= 4 is 52.9 Å². The molecule has 2 N–H and O–H groups in total. The first kappa shape index (κ1) is 20.3. The van der Waals surface area contributed by atoms with Gasteiger partial charge in [0.1, 0.15) is 0 Å². The lowest BCUT2D eigenvalue weighted by Crippen LogP contribution is -2.37. The molecule has 0 amide bonds. The van der Waals surface area contributed by atoms with E-state index >= 15 is 0 Å². The Morgan fingerprint density at radius 3 is 2.47 bits per heavy atom. The molecule has 10 heteroatoms. The number of hydrazone groups is 1. The van der Waals surface area contributed by atoms with Crippen molar-refractivity contribution in [2.75, 3.05) is 41.9 Å². The summed E-state index contributed by atoms with van der Waals surface area (Å²) in [5, 5.41) is 8.37. The fraction of sp³-hybridized carbons (Fsp3) is 0.200. The molecule has 2 heterocycles. The van der Waals surface area contributed by atoms with Gasteiger partial charge >= 0.3 is 0 Å². The van der Waals surface area contributed by atoms with Crippen LogP contribution in [0.2, 0.25) is 10.0 Å². The summed E-state index contributed by atoms with van der Waals surface area (Å²) < 4.78 is 5.42. The number of halogens is 2. The van der Waals surface area contributed by atoms with Gasteiger partial charge in [-0.2, -0.15) is 20.1 Å². The van der Waals surface area contributed by atoms with Crippen molar-refractivity contribution in [1.29, 1.82) is 0 Å². The van der Waals surface area contributed by atoms with E-state index in [4.69, 9.17) is 27.9 Å². The quantitative estimate of drug-likeness (QED) is 0.435. The topological polar surface area (TPSA) is 87.6 Å². The Morgan fingerprint density at radius 1 is 0.933 bits per heavy atom. The number of ether oxygens (including phenoxy) is 1. The van der Waals surface area contributed by atoms with Gasteiger partial charge in [0.25, 0.3) is 0 Å². The molecule has 1 aromatic heterocycles. The minimum Gasteiger partial charge on any atom is -0.378 e. The normalized spacial score (nSPS) is 14.1. The molecular formula is C20H19Cl2N7O. The highest BCUT2D eigenvalue weighted by atomic mass is 35.5. The zero-order valence-electron chi connectivity index (χ0n) is 15.9. The van der Waals surface area contributed by atoms with Crippen LogP contribution in [-0.4, -0.2) is 47.5 Å². The van der Waals surface area contributed by atoms with Crippen molar-refractivity contribution in [1.82, 2.24) is 15.0 Å². The molecule has 1 fully saturated rings. The maximum atomic E-state index is 6.04. The summed E-state index contributed by atoms with van der Waals surface area (Å²) in [5.74, 6) is 1.30. The second-order valence-electron chi connectivity index (χ2n) is 6.42. The zero-order chi connectivity index (χ0) is 20.8. The van der Waals surface area contributed by atoms with Gasteiger partial charge in [-0.25, -0.2) is 5.43 Å². The summed E-state index contributed by atoms with van der Waals surface area (Å²) in [5.41, 5.74) is 4.54. The third-order valence-electron chi connectivity index (χ3n) is 4.27. The van der Waals surface area contributed by atoms with E-state index in [0.717, 1.165) is 11.3 Å². The molecular weight excluding hydrogens is 425 g/mol. The Labute approximate surface area is 183 Å². The molecule has 0 aliphatic carbocycles. The summed E-state index contributed by atoms with van der Waals surface area (Å²) in [6, 6.07) is 15.0. The molecule has 0 saturated carbocycles. The van der Waals surface area contributed by atoms with Crippen LogP contribution in [0, 0.1) is 0 Å². The number of para-hydroxylation sites is 1. The first-order chi connectivity index (χ1) is 14.7. The Bertz CT molecular complexity index is 1030. The minimum atomic E-state index is 0.321. The summed E-state index contributed by atoms with van der Waals surface area (Å²) in [6.45, 7) is 2.68. The second-order valence-corrected chi connectivity index (χ2v) is 7.23. The lowest BCUT2D eigenvalue weighted by molar-refractivity contribution is 0.122. The van der Waals surface area contributed by atoms with Crippen LogP contribution >= 0.6 is 23.2 Å². The number of anilines is 4. The number of benzene rings is 2. The number of hydrogen-bond donors (Lipinski definition) is 2. The van der Waals surface area contributed by atoms with E-state index in [9.17, 15) is 0 Å². The number of aromatic nitrogens is 3. The average molecular weight is 444 g/mol. The Hall–Kier alpha value is -2.94. The third-order valence-corrected chi connectivity index (χ3v) is 5.01. The fourth-order valence-corrected chi connectivity index (χ4v) is 3.09. The number of nitrogens with one attached hydrogen (secondary N) is 2. The Kier molecular flexibility index (Phi) is 6.58. The molecule has 30 heavy (non-hydrogen) atoms. The highest BCUT2D eigenvalue weighted by Crippen LogP contribution is 2.22. The molecule has 0 unspecified atom stereocenters. The maximum absolute atomic E-state index is 6.04. The molecule has 8 nitrogen and oxygen atoms in total.